The van der Waals surface area contributed by atoms with E-state index in [0.717, 1.165) is 10.6 Å². The maximum absolute atomic E-state index is 13.0. The molecule has 0 N–H and O–H groups in total. The summed E-state index contributed by atoms with van der Waals surface area (Å²) < 4.78 is 32.3. The fourth-order valence-corrected chi connectivity index (χ4v) is 6.44. The molecule has 0 unspecified atom stereocenters. The third-order valence-electron chi connectivity index (χ3n) is 4.98. The number of nitrogens with zero attached hydrogens (tertiary/aromatic N) is 3. The van der Waals surface area contributed by atoms with Gasteiger partial charge in [0.25, 0.3) is 5.91 Å². The molecule has 3 aromatic rings. The fourth-order valence-electron chi connectivity index (χ4n) is 3.28. The number of carbonyl (C=O) groups is 1. The minimum atomic E-state index is -3.60. The predicted octanol–water partition coefficient (Wildman–Crippen LogP) is 3.34. The number of amides is 1. The minimum absolute atomic E-state index is 0.0898. The maximum Gasteiger partial charge on any atom is 0.265 e. The Morgan fingerprint density at radius 3 is 2.40 bits per heavy atom. The third-order valence-corrected chi connectivity index (χ3v) is 8.77. The van der Waals surface area contributed by atoms with Crippen LogP contribution < -0.4 is 4.74 Å². The molecule has 3 heterocycles. The Morgan fingerprint density at radius 2 is 1.80 bits per heavy atom. The molecule has 158 valence electrons. The molecule has 0 saturated carbocycles. The second kappa shape index (κ2) is 8.46. The Labute approximate surface area is 183 Å². The summed E-state index contributed by atoms with van der Waals surface area (Å²) in [6.07, 6.45) is 0. The molecule has 1 aliphatic heterocycles. The Bertz CT molecular complexity index is 1130. The molecule has 0 aliphatic carbocycles. The summed E-state index contributed by atoms with van der Waals surface area (Å²) in [7, 11) is -2.07. The highest BCUT2D eigenvalue weighted by atomic mass is 32.2. The van der Waals surface area contributed by atoms with E-state index in [1.807, 2.05) is 23.8 Å². The Balaban J connectivity index is 1.44. The highest BCUT2D eigenvalue weighted by Gasteiger charge is 2.31. The number of methoxy groups -OCH3 is 1. The lowest BCUT2D eigenvalue weighted by atomic mass is 10.3. The predicted molar refractivity (Wildman–Crippen MR) is 118 cm³/mol. The molecule has 7 nitrogen and oxygen atoms in total. The Kier molecular flexibility index (Phi) is 5.92. The summed E-state index contributed by atoms with van der Waals surface area (Å²) in [5.74, 6) is 0.513. The van der Waals surface area contributed by atoms with Crippen LogP contribution >= 0.6 is 22.7 Å². The van der Waals surface area contributed by atoms with Gasteiger partial charge >= 0.3 is 0 Å². The van der Waals surface area contributed by atoms with Crippen LogP contribution in [0.3, 0.4) is 0 Å². The van der Waals surface area contributed by atoms with Crippen molar-refractivity contribution in [3.63, 3.8) is 0 Å². The summed E-state index contributed by atoms with van der Waals surface area (Å²) in [4.78, 5) is 20.1. The van der Waals surface area contributed by atoms with Gasteiger partial charge in [0.15, 0.2) is 0 Å². The quantitative estimate of drug-likeness (QED) is 0.580. The number of benzene rings is 1. The van der Waals surface area contributed by atoms with E-state index in [4.69, 9.17) is 4.74 Å². The van der Waals surface area contributed by atoms with Crippen molar-refractivity contribution in [2.24, 2.45) is 0 Å². The van der Waals surface area contributed by atoms with Crippen molar-refractivity contribution in [1.29, 1.82) is 0 Å². The average Bonchev–Trinajstić information content (AvgIpc) is 3.43. The van der Waals surface area contributed by atoms with E-state index in [9.17, 15) is 13.2 Å². The Hall–Kier alpha value is -2.27. The van der Waals surface area contributed by atoms with E-state index < -0.39 is 10.0 Å². The molecule has 2 aromatic heterocycles. The van der Waals surface area contributed by atoms with Gasteiger partial charge in [-0.25, -0.2) is 13.4 Å². The number of rotatable bonds is 5. The van der Waals surface area contributed by atoms with Crippen molar-refractivity contribution in [2.45, 2.75) is 11.8 Å². The summed E-state index contributed by atoms with van der Waals surface area (Å²) in [6.45, 7) is 3.05. The first-order chi connectivity index (χ1) is 14.4. The normalized spacial score (nSPS) is 15.3. The van der Waals surface area contributed by atoms with Crippen LogP contribution in [0.1, 0.15) is 15.4 Å². The number of hydrogen-bond donors (Lipinski definition) is 0. The van der Waals surface area contributed by atoms with Crippen LogP contribution in [-0.4, -0.2) is 61.8 Å². The second-order valence-corrected chi connectivity index (χ2v) is 10.5. The standard InChI is InChI=1S/C20H21N3O4S3/c1-14-18(29-19(21-14)15-7-12-28-13-15)20(24)22-8-10-23(11-9-22)30(25,26)17-5-3-16(27-2)4-6-17/h3-7,12-13H,8-11H2,1-2H3. The zero-order valence-corrected chi connectivity index (χ0v) is 19.0. The molecule has 1 fully saturated rings. The minimum Gasteiger partial charge on any atom is -0.497 e. The highest BCUT2D eigenvalue weighted by molar-refractivity contribution is 7.89. The largest absolute Gasteiger partial charge is 0.497 e. The van der Waals surface area contributed by atoms with Gasteiger partial charge in [-0.05, 0) is 42.6 Å². The number of hydrogen-bond acceptors (Lipinski definition) is 7. The van der Waals surface area contributed by atoms with E-state index in [2.05, 4.69) is 4.98 Å². The number of piperazine rings is 1. The third kappa shape index (κ3) is 4.00. The topological polar surface area (TPSA) is 79.8 Å². The number of ether oxygens (including phenoxy) is 1. The summed E-state index contributed by atoms with van der Waals surface area (Å²) in [5.41, 5.74) is 1.72. The van der Waals surface area contributed by atoms with Gasteiger partial charge in [-0.2, -0.15) is 15.6 Å². The lowest BCUT2D eigenvalue weighted by Gasteiger charge is -2.33. The monoisotopic (exact) mass is 463 g/mol. The molecule has 1 amide bonds. The number of thiophene rings is 1. The van der Waals surface area contributed by atoms with Gasteiger partial charge in [-0.1, -0.05) is 0 Å². The van der Waals surface area contributed by atoms with Crippen LogP contribution in [0.4, 0.5) is 0 Å². The van der Waals surface area contributed by atoms with Crippen molar-refractivity contribution in [3.8, 4) is 16.3 Å². The summed E-state index contributed by atoms with van der Waals surface area (Å²) in [5, 5.41) is 4.82. The molecule has 1 aromatic carbocycles. The molecule has 1 saturated heterocycles. The van der Waals surface area contributed by atoms with Gasteiger partial charge in [0.2, 0.25) is 10.0 Å². The van der Waals surface area contributed by atoms with E-state index in [0.29, 0.717) is 29.4 Å². The number of aryl methyl sites for hydroxylation is 1. The SMILES string of the molecule is COc1ccc(S(=O)(=O)N2CCN(C(=O)c3sc(-c4ccsc4)nc3C)CC2)cc1. The van der Waals surface area contributed by atoms with Crippen LogP contribution in [0.5, 0.6) is 5.75 Å². The van der Waals surface area contributed by atoms with E-state index >= 15 is 0 Å². The van der Waals surface area contributed by atoms with Crippen LogP contribution in [0, 0.1) is 6.92 Å². The lowest BCUT2D eigenvalue weighted by Crippen LogP contribution is -2.50. The summed E-state index contributed by atoms with van der Waals surface area (Å²) >= 11 is 2.98. The molecule has 1 aliphatic rings. The smallest absolute Gasteiger partial charge is 0.265 e. The molecule has 0 bridgehead atoms. The van der Waals surface area contributed by atoms with Crippen molar-refractivity contribution in [3.05, 3.63) is 51.7 Å². The molecular weight excluding hydrogens is 442 g/mol. The molecule has 10 heteroatoms. The number of thiazole rings is 1. The summed E-state index contributed by atoms with van der Waals surface area (Å²) in [6, 6.07) is 8.32. The van der Waals surface area contributed by atoms with Crippen molar-refractivity contribution in [1.82, 2.24) is 14.2 Å². The van der Waals surface area contributed by atoms with Crippen LogP contribution in [0.25, 0.3) is 10.6 Å². The number of aromatic nitrogens is 1. The van der Waals surface area contributed by atoms with Crippen molar-refractivity contribution in [2.75, 3.05) is 33.3 Å². The maximum atomic E-state index is 13.0. The molecule has 0 spiro atoms. The van der Waals surface area contributed by atoms with Crippen LogP contribution in [-0.2, 0) is 10.0 Å². The zero-order chi connectivity index (χ0) is 21.3. The van der Waals surface area contributed by atoms with Gasteiger partial charge < -0.3 is 9.64 Å². The molecule has 0 atom stereocenters. The van der Waals surface area contributed by atoms with Gasteiger partial charge in [-0.15, -0.1) is 11.3 Å². The molecular formula is C20H21N3O4S3. The molecule has 4 rings (SSSR count). The number of carbonyl (C=O) groups excluding carboxylic acids is 1. The first-order valence-corrected chi connectivity index (χ1v) is 12.5. The van der Waals surface area contributed by atoms with E-state index in [1.54, 1.807) is 40.5 Å². The molecule has 30 heavy (non-hydrogen) atoms. The zero-order valence-electron chi connectivity index (χ0n) is 16.6. The van der Waals surface area contributed by atoms with Gasteiger partial charge in [0.05, 0.1) is 17.7 Å². The first kappa shape index (κ1) is 21.0. The van der Waals surface area contributed by atoms with Gasteiger partial charge in [0.1, 0.15) is 15.6 Å². The lowest BCUT2D eigenvalue weighted by molar-refractivity contribution is 0.0702. The van der Waals surface area contributed by atoms with Crippen molar-refractivity contribution >= 4 is 38.6 Å². The molecule has 0 radical (unpaired) electrons. The van der Waals surface area contributed by atoms with Gasteiger partial charge in [0, 0.05) is 37.1 Å². The first-order valence-electron chi connectivity index (χ1n) is 9.33. The Morgan fingerprint density at radius 1 is 1.10 bits per heavy atom. The van der Waals surface area contributed by atoms with Crippen LogP contribution in [0.15, 0.2) is 46.0 Å². The van der Waals surface area contributed by atoms with Crippen molar-refractivity contribution < 1.29 is 17.9 Å². The van der Waals surface area contributed by atoms with Gasteiger partial charge in [-0.3, -0.25) is 4.79 Å². The number of sulfonamides is 1. The van der Waals surface area contributed by atoms with E-state index in [1.165, 1.54) is 22.8 Å². The van der Waals surface area contributed by atoms with E-state index in [-0.39, 0.29) is 23.9 Å². The highest BCUT2D eigenvalue weighted by Crippen LogP contribution is 2.30. The fraction of sp³-hybridized carbons (Fsp3) is 0.300. The second-order valence-electron chi connectivity index (χ2n) is 6.82. The van der Waals surface area contributed by atoms with Crippen LogP contribution in [0.2, 0.25) is 0 Å². The average molecular weight is 464 g/mol.